The molecule has 0 aliphatic carbocycles. The number of halogens is 2. The largest absolute Gasteiger partial charge is 0.445 e. The predicted molar refractivity (Wildman–Crippen MR) is 156 cm³/mol. The number of carbonyl (C=O) groups excluding carboxylic acids is 4. The van der Waals surface area contributed by atoms with Gasteiger partial charge >= 0.3 is 17.9 Å². The van der Waals surface area contributed by atoms with Crippen LogP contribution in [0.2, 0.25) is 0 Å². The lowest BCUT2D eigenvalue weighted by molar-refractivity contribution is -0.168. The predicted octanol–water partition coefficient (Wildman–Crippen LogP) is 4.45. The molecule has 3 aromatic rings. The molecule has 1 heterocycles. The Kier molecular flexibility index (Phi) is 10.2. The van der Waals surface area contributed by atoms with Crippen LogP contribution in [0.25, 0.3) is 0 Å². The second kappa shape index (κ2) is 14.0. The lowest BCUT2D eigenvalue weighted by atomic mass is 9.95. The summed E-state index contributed by atoms with van der Waals surface area (Å²) >= 11 is 0. The number of carbonyl (C=O) groups is 4. The fraction of sp³-hybridized carbons (Fsp3) is 0.333. The number of ketones is 1. The first kappa shape index (κ1) is 31.3. The molecule has 1 aliphatic heterocycles. The Labute approximate surface area is 249 Å². The molecule has 10 heteroatoms. The number of nitrogens with zero attached hydrogens (tertiary/aromatic N) is 1. The van der Waals surface area contributed by atoms with Gasteiger partial charge in [0.2, 0.25) is 11.7 Å². The molecule has 43 heavy (non-hydrogen) atoms. The molecule has 0 bridgehead atoms. The minimum absolute atomic E-state index is 0.0382. The number of nitrogens with one attached hydrogen (secondary N) is 2. The Morgan fingerprint density at radius 3 is 2.05 bits per heavy atom. The highest BCUT2D eigenvalue weighted by Gasteiger charge is 2.53. The van der Waals surface area contributed by atoms with E-state index in [-0.39, 0.29) is 26.1 Å². The van der Waals surface area contributed by atoms with Crippen LogP contribution in [0.15, 0.2) is 84.9 Å². The number of hydrogen-bond donors (Lipinski definition) is 2. The van der Waals surface area contributed by atoms with Crippen molar-refractivity contribution >= 4 is 23.7 Å². The first-order valence-corrected chi connectivity index (χ1v) is 14.2. The molecule has 3 amide bonds. The van der Waals surface area contributed by atoms with Gasteiger partial charge in [-0.15, -0.1) is 0 Å². The summed E-state index contributed by atoms with van der Waals surface area (Å²) in [7, 11) is 0. The normalized spacial score (nSPS) is 14.3. The van der Waals surface area contributed by atoms with E-state index in [0.717, 1.165) is 21.6 Å². The third-order valence-corrected chi connectivity index (χ3v) is 7.35. The maximum Gasteiger partial charge on any atom is 0.408 e. The van der Waals surface area contributed by atoms with E-state index in [1.54, 1.807) is 80.6 Å². The van der Waals surface area contributed by atoms with Gasteiger partial charge in [0, 0.05) is 19.5 Å². The molecule has 0 saturated carbocycles. The van der Waals surface area contributed by atoms with Crippen molar-refractivity contribution in [2.45, 2.75) is 57.8 Å². The maximum atomic E-state index is 15.6. The van der Waals surface area contributed by atoms with E-state index < -0.39 is 47.6 Å². The second-order valence-corrected chi connectivity index (χ2v) is 10.9. The fourth-order valence-electron chi connectivity index (χ4n) is 4.94. The zero-order valence-corrected chi connectivity index (χ0v) is 24.1. The molecule has 1 aliphatic rings. The van der Waals surface area contributed by atoms with Crippen molar-refractivity contribution in [1.82, 2.24) is 15.5 Å². The number of amides is 3. The summed E-state index contributed by atoms with van der Waals surface area (Å²) in [6, 6.07) is 21.6. The van der Waals surface area contributed by atoms with Crippen LogP contribution in [-0.2, 0) is 45.1 Å². The summed E-state index contributed by atoms with van der Waals surface area (Å²) < 4.78 is 36.5. The van der Waals surface area contributed by atoms with Gasteiger partial charge in [-0.2, -0.15) is 8.78 Å². The molecule has 226 valence electrons. The molecule has 0 radical (unpaired) electrons. The van der Waals surface area contributed by atoms with Gasteiger partial charge in [-0.05, 0) is 34.6 Å². The van der Waals surface area contributed by atoms with Crippen molar-refractivity contribution in [3.63, 3.8) is 0 Å². The van der Waals surface area contributed by atoms with Gasteiger partial charge < -0.3 is 20.3 Å². The Morgan fingerprint density at radius 2 is 1.42 bits per heavy atom. The molecule has 0 spiro atoms. The molecule has 1 unspecified atom stereocenters. The minimum atomic E-state index is -4.39. The number of hydrogen-bond acceptors (Lipinski definition) is 5. The highest BCUT2D eigenvalue weighted by molar-refractivity contribution is 6.10. The fourth-order valence-corrected chi connectivity index (χ4v) is 4.94. The Bertz CT molecular complexity index is 1430. The maximum absolute atomic E-state index is 15.6. The van der Waals surface area contributed by atoms with Crippen LogP contribution in [0, 0.1) is 5.92 Å². The summed E-state index contributed by atoms with van der Waals surface area (Å²) in [5.41, 5.74) is 2.95. The van der Waals surface area contributed by atoms with Gasteiger partial charge in [-0.3, -0.25) is 14.4 Å². The molecule has 3 aromatic carbocycles. The van der Waals surface area contributed by atoms with E-state index in [4.69, 9.17) is 4.74 Å². The number of benzene rings is 3. The first-order chi connectivity index (χ1) is 20.6. The number of alkyl halides is 2. The van der Waals surface area contributed by atoms with Gasteiger partial charge in [-0.1, -0.05) is 98.8 Å². The van der Waals surface area contributed by atoms with Gasteiger partial charge in [0.1, 0.15) is 12.6 Å². The van der Waals surface area contributed by atoms with Crippen molar-refractivity contribution < 1.29 is 32.7 Å². The molecule has 0 saturated heterocycles. The number of ether oxygens (including phenoxy) is 1. The van der Waals surface area contributed by atoms with Crippen molar-refractivity contribution in [2.75, 3.05) is 6.54 Å². The first-order valence-electron chi connectivity index (χ1n) is 14.2. The van der Waals surface area contributed by atoms with Crippen LogP contribution < -0.4 is 10.6 Å². The van der Waals surface area contributed by atoms with E-state index in [2.05, 4.69) is 10.6 Å². The number of rotatable bonds is 11. The zero-order valence-electron chi connectivity index (χ0n) is 24.1. The average Bonchev–Trinajstić information content (AvgIpc) is 3.02. The van der Waals surface area contributed by atoms with Crippen molar-refractivity contribution in [1.29, 1.82) is 0 Å². The number of alkyl carbamates (subject to hydrolysis) is 1. The lowest BCUT2D eigenvalue weighted by Gasteiger charge is -2.32. The third-order valence-electron chi connectivity index (χ3n) is 7.35. The summed E-state index contributed by atoms with van der Waals surface area (Å²) in [6.07, 6.45) is -0.770. The Hall–Kier alpha value is -4.60. The van der Waals surface area contributed by atoms with E-state index in [9.17, 15) is 19.2 Å². The topological polar surface area (TPSA) is 105 Å². The van der Waals surface area contributed by atoms with E-state index >= 15 is 8.78 Å². The van der Waals surface area contributed by atoms with Crippen LogP contribution in [0.4, 0.5) is 13.6 Å². The monoisotopic (exact) mass is 591 g/mol. The van der Waals surface area contributed by atoms with Crippen molar-refractivity contribution in [2.24, 2.45) is 5.92 Å². The van der Waals surface area contributed by atoms with Gasteiger partial charge in [0.25, 0.3) is 0 Å². The van der Waals surface area contributed by atoms with E-state index in [0.29, 0.717) is 12.0 Å². The van der Waals surface area contributed by atoms with Gasteiger partial charge in [-0.25, -0.2) is 4.79 Å². The highest BCUT2D eigenvalue weighted by atomic mass is 19.3. The minimum Gasteiger partial charge on any atom is -0.445 e. The smallest absolute Gasteiger partial charge is 0.408 e. The molecule has 0 fully saturated rings. The van der Waals surface area contributed by atoms with Crippen LogP contribution >= 0.6 is 0 Å². The SMILES string of the molecule is CC(C)[C@H](NC(=O)OCc1ccccc1)C(=O)NC(Cc1ccccc1)C(=O)C(F)(F)C(=O)N1CCc2ccccc2C1. The summed E-state index contributed by atoms with van der Waals surface area (Å²) in [6.45, 7) is 3.27. The second-order valence-electron chi connectivity index (χ2n) is 10.9. The van der Waals surface area contributed by atoms with Crippen LogP contribution in [-0.4, -0.2) is 53.1 Å². The number of Topliss-reactive ketones (excluding diaryl/α,β-unsaturated/α-hetero) is 1. The van der Waals surface area contributed by atoms with E-state index in [1.165, 1.54) is 0 Å². The Balaban J connectivity index is 1.49. The van der Waals surface area contributed by atoms with Crippen molar-refractivity contribution in [3.05, 3.63) is 107 Å². The van der Waals surface area contributed by atoms with Crippen LogP contribution in [0.3, 0.4) is 0 Å². The average molecular weight is 592 g/mol. The van der Waals surface area contributed by atoms with Crippen molar-refractivity contribution in [3.8, 4) is 0 Å². The lowest BCUT2D eigenvalue weighted by Crippen LogP contribution is -2.59. The molecule has 4 rings (SSSR count). The van der Waals surface area contributed by atoms with Crippen LogP contribution in [0.1, 0.15) is 36.1 Å². The third kappa shape index (κ3) is 8.03. The molecule has 0 aromatic heterocycles. The molecular formula is C33H35F2N3O5. The molecular weight excluding hydrogens is 556 g/mol. The summed E-state index contributed by atoms with van der Waals surface area (Å²) in [5.74, 6) is -9.05. The highest BCUT2D eigenvalue weighted by Crippen LogP contribution is 2.26. The summed E-state index contributed by atoms with van der Waals surface area (Å²) in [4.78, 5) is 53.3. The standard InChI is InChI=1S/C33H35F2N3O5/c1-22(2)28(37-32(42)43-21-24-13-7-4-8-14-24)30(40)36-27(19-23-11-5-3-6-12-23)29(39)33(34,35)31(41)38-18-17-25-15-9-10-16-26(25)20-38/h3-16,22,27-28H,17-21H2,1-2H3,(H,36,40)(H,37,42)/t27?,28-/m0/s1. The molecule has 8 nitrogen and oxygen atoms in total. The van der Waals surface area contributed by atoms with E-state index in [1.807, 2.05) is 18.2 Å². The Morgan fingerprint density at radius 1 is 0.837 bits per heavy atom. The number of fused-ring (bicyclic) bond motifs is 1. The summed E-state index contributed by atoms with van der Waals surface area (Å²) in [5, 5.41) is 4.87. The molecule has 2 N–H and O–H groups in total. The quantitative estimate of drug-likeness (QED) is 0.321. The van der Waals surface area contributed by atoms with Gasteiger partial charge in [0.05, 0.1) is 6.04 Å². The van der Waals surface area contributed by atoms with Gasteiger partial charge in [0.15, 0.2) is 0 Å². The molecule has 2 atom stereocenters. The zero-order chi connectivity index (χ0) is 31.0. The van der Waals surface area contributed by atoms with Crippen LogP contribution in [0.5, 0.6) is 0 Å².